The maximum Gasteiger partial charge on any atom is 0.416 e. The summed E-state index contributed by atoms with van der Waals surface area (Å²) in [4.78, 5) is 13.3. The van der Waals surface area contributed by atoms with Crippen LogP contribution in [0.3, 0.4) is 0 Å². The molecule has 2 atom stereocenters. The van der Waals surface area contributed by atoms with Crippen LogP contribution in [0.1, 0.15) is 29.5 Å². The molecule has 1 amide bonds. The molecule has 1 unspecified atom stereocenters. The topological polar surface area (TPSA) is 96.7 Å². The quantitative estimate of drug-likeness (QED) is 0.303. The molecule has 0 spiro atoms. The highest BCUT2D eigenvalue weighted by molar-refractivity contribution is 7.89. The van der Waals surface area contributed by atoms with E-state index >= 15 is 0 Å². The summed E-state index contributed by atoms with van der Waals surface area (Å²) in [6.07, 6.45) is -3.56. The number of hydrogen-bond donors (Lipinski definition) is 1. The van der Waals surface area contributed by atoms with Gasteiger partial charge in [0.2, 0.25) is 11.0 Å². The third-order valence-corrected chi connectivity index (χ3v) is 9.83. The second-order valence-electron chi connectivity index (χ2n) is 9.43. The number of halogens is 3. The van der Waals surface area contributed by atoms with Crippen molar-refractivity contribution >= 4 is 37.7 Å². The fourth-order valence-electron chi connectivity index (χ4n) is 4.66. The molecule has 40 heavy (non-hydrogen) atoms. The third-order valence-electron chi connectivity index (χ3n) is 6.67. The standard InChI is InChI=1S/C28H25F3N2O5S2/c29-28(30,31)22-10-12-23(13-11-22)39(35)18-20-6-3-5-19(15-20)17-32-27(34)24-8-4-14-33(24)40(36,37)26-16-21-7-1-2-9-25(21)38-26/h1-3,5-7,9-13,15-16,24H,4,8,14,17-18H2,(H,32,34)/t24-,39?/m0/s1. The predicted molar refractivity (Wildman–Crippen MR) is 143 cm³/mol. The number of benzene rings is 3. The maximum atomic E-state index is 13.3. The SMILES string of the molecule is O=C(NCc1cccc(CS(=O)c2ccc(C(F)(F)F)cc2)c1)[C@@H]1CCCN1S(=O)(=O)c1cc2ccccc2o1. The summed E-state index contributed by atoms with van der Waals surface area (Å²) < 4.78 is 84.4. The molecule has 0 radical (unpaired) electrons. The minimum Gasteiger partial charge on any atom is -0.443 e. The second-order valence-corrected chi connectivity index (χ2v) is 12.7. The molecule has 0 bridgehead atoms. The van der Waals surface area contributed by atoms with Crippen LogP contribution in [0, 0.1) is 0 Å². The first-order valence-corrected chi connectivity index (χ1v) is 15.2. The van der Waals surface area contributed by atoms with Crippen molar-refractivity contribution in [3.05, 3.63) is 95.6 Å². The maximum absolute atomic E-state index is 13.3. The van der Waals surface area contributed by atoms with Gasteiger partial charge in [0.25, 0.3) is 10.0 Å². The van der Waals surface area contributed by atoms with Crippen LogP contribution in [0.25, 0.3) is 11.0 Å². The smallest absolute Gasteiger partial charge is 0.416 e. The Balaban J connectivity index is 1.22. The molecule has 12 heteroatoms. The van der Waals surface area contributed by atoms with E-state index in [0.29, 0.717) is 34.9 Å². The van der Waals surface area contributed by atoms with Crippen molar-refractivity contribution < 1.29 is 35.0 Å². The summed E-state index contributed by atoms with van der Waals surface area (Å²) in [5.74, 6) is -0.352. The minimum atomic E-state index is -4.47. The van der Waals surface area contributed by atoms with Crippen LogP contribution >= 0.6 is 0 Å². The number of hydrogen-bond acceptors (Lipinski definition) is 5. The number of sulfonamides is 1. The molecule has 1 fully saturated rings. The van der Waals surface area contributed by atoms with Gasteiger partial charge in [-0.2, -0.15) is 17.5 Å². The molecule has 1 saturated heterocycles. The van der Waals surface area contributed by atoms with Gasteiger partial charge in [-0.15, -0.1) is 0 Å². The Morgan fingerprint density at radius 3 is 2.45 bits per heavy atom. The Morgan fingerprint density at radius 1 is 1.00 bits per heavy atom. The van der Waals surface area contributed by atoms with E-state index in [4.69, 9.17) is 4.42 Å². The number of carbonyl (C=O) groups excluding carboxylic acids is 1. The van der Waals surface area contributed by atoms with E-state index < -0.39 is 44.5 Å². The van der Waals surface area contributed by atoms with Crippen molar-refractivity contribution in [3.63, 3.8) is 0 Å². The van der Waals surface area contributed by atoms with Crippen molar-refractivity contribution in [2.24, 2.45) is 0 Å². The number of amides is 1. The molecule has 0 aliphatic carbocycles. The number of furan rings is 1. The molecule has 5 rings (SSSR count). The van der Waals surface area contributed by atoms with Crippen LogP contribution in [0.4, 0.5) is 13.2 Å². The number of carbonyl (C=O) groups is 1. The Hall–Kier alpha value is -3.48. The van der Waals surface area contributed by atoms with E-state index in [1.54, 1.807) is 48.5 Å². The molecular formula is C28H25F3N2O5S2. The molecule has 1 aliphatic rings. The van der Waals surface area contributed by atoms with Crippen LogP contribution < -0.4 is 5.32 Å². The first-order chi connectivity index (χ1) is 19.0. The number of para-hydroxylation sites is 1. The molecular weight excluding hydrogens is 565 g/mol. The second kappa shape index (κ2) is 11.2. The Bertz CT molecular complexity index is 1630. The van der Waals surface area contributed by atoms with E-state index in [1.807, 2.05) is 0 Å². The molecule has 2 heterocycles. The van der Waals surface area contributed by atoms with Gasteiger partial charge in [-0.3, -0.25) is 9.00 Å². The van der Waals surface area contributed by atoms with Gasteiger partial charge >= 0.3 is 6.18 Å². The number of nitrogens with zero attached hydrogens (tertiary/aromatic N) is 1. The molecule has 1 aliphatic heterocycles. The molecule has 1 aromatic heterocycles. The summed E-state index contributed by atoms with van der Waals surface area (Å²) in [7, 11) is -5.59. The van der Waals surface area contributed by atoms with Gasteiger partial charge in [0.1, 0.15) is 11.6 Å². The van der Waals surface area contributed by atoms with E-state index in [1.165, 1.54) is 22.5 Å². The average Bonchev–Trinajstić information content (AvgIpc) is 3.60. The normalized spacial score (nSPS) is 17.2. The average molecular weight is 591 g/mol. The predicted octanol–water partition coefficient (Wildman–Crippen LogP) is 5.23. The van der Waals surface area contributed by atoms with Crippen LogP contribution in [0.15, 0.2) is 93.3 Å². The number of rotatable bonds is 8. The van der Waals surface area contributed by atoms with Gasteiger partial charge in [0, 0.05) is 29.4 Å². The van der Waals surface area contributed by atoms with Crippen molar-refractivity contribution in [2.75, 3.05) is 6.54 Å². The van der Waals surface area contributed by atoms with Gasteiger partial charge in [0.05, 0.1) is 22.1 Å². The van der Waals surface area contributed by atoms with Crippen LogP contribution in [0.5, 0.6) is 0 Å². The molecule has 1 N–H and O–H groups in total. The zero-order valence-electron chi connectivity index (χ0n) is 21.1. The van der Waals surface area contributed by atoms with Gasteiger partial charge in [-0.05, 0) is 54.3 Å². The molecule has 0 saturated carbocycles. The number of nitrogens with one attached hydrogen (secondary N) is 1. The molecule has 4 aromatic rings. The van der Waals surface area contributed by atoms with Crippen molar-refractivity contribution in [2.45, 2.75) is 47.3 Å². The number of fused-ring (bicyclic) bond motifs is 1. The minimum absolute atomic E-state index is 0.0826. The highest BCUT2D eigenvalue weighted by Gasteiger charge is 2.41. The highest BCUT2D eigenvalue weighted by atomic mass is 32.2. The van der Waals surface area contributed by atoms with Gasteiger partial charge < -0.3 is 9.73 Å². The lowest BCUT2D eigenvalue weighted by Crippen LogP contribution is -2.45. The Morgan fingerprint density at radius 2 is 1.73 bits per heavy atom. The van der Waals surface area contributed by atoms with Gasteiger partial charge in [-0.1, -0.05) is 42.5 Å². The van der Waals surface area contributed by atoms with E-state index in [2.05, 4.69) is 5.32 Å². The van der Waals surface area contributed by atoms with Crippen molar-refractivity contribution in [1.82, 2.24) is 9.62 Å². The summed E-state index contributed by atoms with van der Waals surface area (Å²) >= 11 is 0. The monoisotopic (exact) mass is 590 g/mol. The van der Waals surface area contributed by atoms with Crippen LogP contribution in [0.2, 0.25) is 0 Å². The van der Waals surface area contributed by atoms with Crippen molar-refractivity contribution in [3.8, 4) is 0 Å². The summed E-state index contributed by atoms with van der Waals surface area (Å²) in [5, 5.41) is 3.24. The van der Waals surface area contributed by atoms with Crippen molar-refractivity contribution in [1.29, 1.82) is 0 Å². The van der Waals surface area contributed by atoms with E-state index in [-0.39, 0.29) is 28.8 Å². The van der Waals surface area contributed by atoms with Crippen LogP contribution in [-0.2, 0) is 44.1 Å². The zero-order chi connectivity index (χ0) is 28.5. The highest BCUT2D eigenvalue weighted by Crippen LogP contribution is 2.31. The fraction of sp³-hybridized carbons (Fsp3) is 0.250. The van der Waals surface area contributed by atoms with Gasteiger partial charge in [-0.25, -0.2) is 8.42 Å². The van der Waals surface area contributed by atoms with E-state index in [0.717, 1.165) is 12.1 Å². The lowest BCUT2D eigenvalue weighted by Gasteiger charge is -2.22. The zero-order valence-corrected chi connectivity index (χ0v) is 22.7. The third kappa shape index (κ3) is 5.98. The Labute approximate surface area is 231 Å². The van der Waals surface area contributed by atoms with E-state index in [9.17, 15) is 30.6 Å². The first-order valence-electron chi connectivity index (χ1n) is 12.4. The summed E-state index contributed by atoms with van der Waals surface area (Å²) in [6, 6.07) is 18.7. The molecule has 3 aromatic carbocycles. The summed E-state index contributed by atoms with van der Waals surface area (Å²) in [6.45, 7) is 0.317. The fourth-order valence-corrected chi connectivity index (χ4v) is 7.35. The first kappa shape index (κ1) is 28.1. The Kier molecular flexibility index (Phi) is 7.85. The largest absolute Gasteiger partial charge is 0.443 e. The molecule has 210 valence electrons. The lowest BCUT2D eigenvalue weighted by atomic mass is 10.1. The number of alkyl halides is 3. The van der Waals surface area contributed by atoms with Gasteiger partial charge in [0.15, 0.2) is 0 Å². The van der Waals surface area contributed by atoms with Crippen LogP contribution in [-0.4, -0.2) is 35.4 Å². The molecule has 7 nitrogen and oxygen atoms in total. The lowest BCUT2D eigenvalue weighted by molar-refractivity contribution is -0.137. The summed E-state index contributed by atoms with van der Waals surface area (Å²) in [5.41, 5.74) is 1.03.